The molecule has 304 valence electrons. The summed E-state index contributed by atoms with van der Waals surface area (Å²) in [5, 5.41) is 7.75. The van der Waals surface area contributed by atoms with Crippen LogP contribution in [0.15, 0.2) is 243 Å². The first-order valence-corrected chi connectivity index (χ1v) is 23.0. The van der Waals surface area contributed by atoms with E-state index in [1.165, 1.54) is 144 Å². The van der Waals surface area contributed by atoms with Crippen LogP contribution in [0.5, 0.6) is 0 Å². The van der Waals surface area contributed by atoms with Crippen LogP contribution < -0.4 is 0 Å². The maximum atomic E-state index is 2.46. The van der Waals surface area contributed by atoms with Gasteiger partial charge in [-0.15, -0.1) is 0 Å². The molecule has 0 atom stereocenters. The van der Waals surface area contributed by atoms with Gasteiger partial charge in [-0.3, -0.25) is 0 Å². The Kier molecular flexibility index (Phi) is 8.08. The van der Waals surface area contributed by atoms with E-state index in [4.69, 9.17) is 0 Å². The van der Waals surface area contributed by atoms with Gasteiger partial charge in [0.05, 0.1) is 0 Å². The zero-order chi connectivity index (χ0) is 43.3. The van der Waals surface area contributed by atoms with Crippen LogP contribution in [0.2, 0.25) is 0 Å². The lowest BCUT2D eigenvalue weighted by Gasteiger charge is -2.22. The maximum absolute atomic E-state index is 2.46. The number of hydrogen-bond donors (Lipinski definition) is 0. The number of hydrogen-bond acceptors (Lipinski definition) is 0. The van der Waals surface area contributed by atoms with Crippen LogP contribution in [0, 0.1) is 0 Å². The molecule has 0 spiro atoms. The maximum Gasteiger partial charge on any atom is -0.000740 e. The fourth-order valence-corrected chi connectivity index (χ4v) is 11.6. The molecular weight excluding hydrogens is 793 g/mol. The van der Waals surface area contributed by atoms with Crippen LogP contribution in [-0.4, -0.2) is 0 Å². The fraction of sp³-hybridized carbons (Fsp3) is 0. The highest BCUT2D eigenvalue weighted by atomic mass is 14.4. The second kappa shape index (κ2) is 14.5. The first-order valence-electron chi connectivity index (χ1n) is 23.0. The molecule has 0 radical (unpaired) electrons. The van der Waals surface area contributed by atoms with E-state index in [1.54, 1.807) is 0 Å². The second-order valence-electron chi connectivity index (χ2n) is 17.8. The minimum Gasteiger partial charge on any atom is -0.0622 e. The Morgan fingerprint density at radius 3 is 0.879 bits per heavy atom. The van der Waals surface area contributed by atoms with E-state index < -0.39 is 0 Å². The van der Waals surface area contributed by atoms with Crippen LogP contribution in [0.4, 0.5) is 0 Å². The largest absolute Gasteiger partial charge is 0.0622 e. The van der Waals surface area contributed by atoms with Crippen molar-refractivity contribution in [1.82, 2.24) is 0 Å². The number of fused-ring (bicyclic) bond motifs is 8. The Morgan fingerprint density at radius 2 is 0.455 bits per heavy atom. The second-order valence-corrected chi connectivity index (χ2v) is 17.8. The third-order valence-electron chi connectivity index (χ3n) is 14.3. The fourth-order valence-electron chi connectivity index (χ4n) is 11.6. The quantitative estimate of drug-likeness (QED) is 0.157. The standard InChI is InChI=1S/C66H40/c1-6-19-41(20-7-1)46-29-18-30-48(39-46)60-50-32-17-16-31-49(50)57(43-23-10-3-11-24-43)63-52-35-37-54-61-53(36-38-55(62(52)61)66(60)63)64-58(44-25-12-4-13-26-44)51-34-33-47(42-21-8-2-9-22-42)40-56(51)59(65(54)64)45-27-14-5-15-28-45/h1-40H. The van der Waals surface area contributed by atoms with E-state index in [0.29, 0.717) is 0 Å². The molecule has 0 heteroatoms. The summed E-state index contributed by atoms with van der Waals surface area (Å²) >= 11 is 0. The molecule has 2 aliphatic carbocycles. The molecule has 0 unspecified atom stereocenters. The molecule has 0 amide bonds. The highest BCUT2D eigenvalue weighted by Gasteiger charge is 2.37. The summed E-state index contributed by atoms with van der Waals surface area (Å²) in [6.07, 6.45) is 0. The van der Waals surface area contributed by atoms with E-state index in [1.807, 2.05) is 0 Å². The zero-order valence-electron chi connectivity index (χ0n) is 36.1. The van der Waals surface area contributed by atoms with Crippen LogP contribution >= 0.6 is 0 Å². The van der Waals surface area contributed by atoms with Crippen LogP contribution in [0.3, 0.4) is 0 Å². The summed E-state index contributed by atoms with van der Waals surface area (Å²) in [7, 11) is 0. The Labute approximate surface area is 384 Å². The van der Waals surface area contributed by atoms with Gasteiger partial charge >= 0.3 is 0 Å². The van der Waals surface area contributed by atoms with Gasteiger partial charge < -0.3 is 0 Å². The van der Waals surface area contributed by atoms with Crippen molar-refractivity contribution in [3.05, 3.63) is 243 Å². The molecule has 0 saturated heterocycles. The predicted molar refractivity (Wildman–Crippen MR) is 280 cm³/mol. The Bertz CT molecular complexity index is 3920. The molecule has 12 aromatic carbocycles. The molecule has 0 fully saturated rings. The van der Waals surface area contributed by atoms with Gasteiger partial charge in [0.15, 0.2) is 0 Å². The van der Waals surface area contributed by atoms with Gasteiger partial charge in [-0.2, -0.15) is 0 Å². The summed E-state index contributed by atoms with van der Waals surface area (Å²) in [5.74, 6) is 0. The summed E-state index contributed by atoms with van der Waals surface area (Å²) in [5.41, 5.74) is 25.4. The summed E-state index contributed by atoms with van der Waals surface area (Å²) < 4.78 is 0. The molecule has 14 rings (SSSR count). The lowest BCUT2D eigenvalue weighted by Crippen LogP contribution is -1.95. The van der Waals surface area contributed by atoms with Crippen LogP contribution in [0.25, 0.3) is 144 Å². The van der Waals surface area contributed by atoms with Crippen molar-refractivity contribution < 1.29 is 0 Å². The van der Waals surface area contributed by atoms with Gasteiger partial charge in [0.25, 0.3) is 0 Å². The molecule has 2 aliphatic rings. The van der Waals surface area contributed by atoms with Gasteiger partial charge in [0.2, 0.25) is 0 Å². The van der Waals surface area contributed by atoms with Gasteiger partial charge in [-0.25, -0.2) is 0 Å². The first-order chi connectivity index (χ1) is 32.8. The van der Waals surface area contributed by atoms with Crippen molar-refractivity contribution in [1.29, 1.82) is 0 Å². The van der Waals surface area contributed by atoms with E-state index in [9.17, 15) is 0 Å². The van der Waals surface area contributed by atoms with E-state index in [0.717, 1.165) is 0 Å². The number of rotatable bonds is 6. The lowest BCUT2D eigenvalue weighted by atomic mass is 9.81. The van der Waals surface area contributed by atoms with Crippen molar-refractivity contribution in [3.63, 3.8) is 0 Å². The number of benzene rings is 12. The van der Waals surface area contributed by atoms with Crippen molar-refractivity contribution in [2.45, 2.75) is 0 Å². The Balaban J connectivity index is 1.13. The monoisotopic (exact) mass is 832 g/mol. The minimum absolute atomic E-state index is 1.22. The van der Waals surface area contributed by atoms with Gasteiger partial charge in [-0.05, 0) is 156 Å². The average Bonchev–Trinajstić information content (AvgIpc) is 3.90. The smallest absolute Gasteiger partial charge is 0.000740 e. The van der Waals surface area contributed by atoms with Gasteiger partial charge in [0.1, 0.15) is 0 Å². The van der Waals surface area contributed by atoms with Gasteiger partial charge in [-0.1, -0.05) is 231 Å². The average molecular weight is 833 g/mol. The molecule has 0 heterocycles. The molecule has 0 bridgehead atoms. The van der Waals surface area contributed by atoms with Crippen LogP contribution in [0.1, 0.15) is 0 Å². The molecule has 0 saturated carbocycles. The summed E-state index contributed by atoms with van der Waals surface area (Å²) in [6, 6.07) is 90.2. The lowest BCUT2D eigenvalue weighted by molar-refractivity contribution is 1.59. The molecule has 0 N–H and O–H groups in total. The summed E-state index contributed by atoms with van der Waals surface area (Å²) in [4.78, 5) is 0. The van der Waals surface area contributed by atoms with E-state index >= 15 is 0 Å². The third-order valence-corrected chi connectivity index (χ3v) is 14.3. The zero-order valence-corrected chi connectivity index (χ0v) is 36.1. The van der Waals surface area contributed by atoms with Crippen molar-refractivity contribution >= 4 is 32.3 Å². The predicted octanol–water partition coefficient (Wildman–Crippen LogP) is 18.4. The normalized spacial score (nSPS) is 11.9. The minimum atomic E-state index is 1.22. The highest BCUT2D eigenvalue weighted by Crippen LogP contribution is 2.64. The molecule has 12 aromatic rings. The highest BCUT2D eigenvalue weighted by molar-refractivity contribution is 6.35. The molecule has 66 heavy (non-hydrogen) atoms. The molecule has 0 nitrogen and oxygen atoms in total. The van der Waals surface area contributed by atoms with Crippen molar-refractivity contribution in [3.8, 4) is 111 Å². The van der Waals surface area contributed by atoms with Gasteiger partial charge in [0, 0.05) is 0 Å². The van der Waals surface area contributed by atoms with Crippen molar-refractivity contribution in [2.24, 2.45) is 0 Å². The Hall–Kier alpha value is -8.58. The van der Waals surface area contributed by atoms with E-state index in [2.05, 4.69) is 243 Å². The molecule has 0 aliphatic heterocycles. The Morgan fingerprint density at radius 1 is 0.152 bits per heavy atom. The first kappa shape index (κ1) is 36.9. The third kappa shape index (κ3) is 5.33. The molecular formula is C66H40. The van der Waals surface area contributed by atoms with Crippen molar-refractivity contribution in [2.75, 3.05) is 0 Å². The van der Waals surface area contributed by atoms with E-state index in [-0.39, 0.29) is 0 Å². The van der Waals surface area contributed by atoms with Crippen LogP contribution in [-0.2, 0) is 0 Å². The topological polar surface area (TPSA) is 0 Å². The SMILES string of the molecule is c1ccc(-c2cccc(-c3c4c(c(-c5ccccc5)c5ccccc35)-c3ccc5c6c(ccc-4c36)-c3c-5c(-c4ccccc4)c4cc(-c5ccccc5)ccc4c3-c3ccccc3)c2)cc1. The summed E-state index contributed by atoms with van der Waals surface area (Å²) in [6.45, 7) is 0. The molecule has 0 aromatic heterocycles.